The summed E-state index contributed by atoms with van der Waals surface area (Å²) in [6.45, 7) is 2.09. The third-order valence-electron chi connectivity index (χ3n) is 5.84. The number of thiophene rings is 1. The first-order valence-corrected chi connectivity index (χ1v) is 11.9. The molecular weight excluding hydrogens is 442 g/mol. The van der Waals surface area contributed by atoms with Gasteiger partial charge in [-0.1, -0.05) is 48.0 Å². The normalized spacial score (nSPS) is 13.9. The maximum atomic E-state index is 13.0. The van der Waals surface area contributed by atoms with Crippen molar-refractivity contribution in [3.8, 4) is 10.4 Å². The van der Waals surface area contributed by atoms with Crippen molar-refractivity contribution in [1.82, 2.24) is 14.5 Å². The molecule has 0 spiro atoms. The number of carbonyl (C=O) groups excluding carboxylic acids is 1. The Morgan fingerprint density at radius 3 is 2.47 bits per heavy atom. The van der Waals surface area contributed by atoms with Gasteiger partial charge in [0.2, 0.25) is 5.91 Å². The average molecular weight is 464 g/mol. The lowest BCUT2D eigenvalue weighted by Crippen LogP contribution is -2.23. The van der Waals surface area contributed by atoms with Crippen LogP contribution < -0.4 is 5.56 Å². The molecule has 1 saturated heterocycles. The number of aryl methyl sites for hydroxylation is 2. The number of benzene rings is 2. The number of rotatable bonds is 6. The van der Waals surface area contributed by atoms with Gasteiger partial charge in [-0.3, -0.25) is 14.2 Å². The third-order valence-corrected chi connectivity index (χ3v) is 7.26. The van der Waals surface area contributed by atoms with Crippen LogP contribution in [0.4, 0.5) is 0 Å². The van der Waals surface area contributed by atoms with Crippen molar-refractivity contribution >= 4 is 39.1 Å². The molecule has 2 aromatic heterocycles. The van der Waals surface area contributed by atoms with Crippen molar-refractivity contribution in [2.75, 3.05) is 6.54 Å². The lowest BCUT2D eigenvalue weighted by molar-refractivity contribution is -0.128. The summed E-state index contributed by atoms with van der Waals surface area (Å²) in [6, 6.07) is 17.9. The van der Waals surface area contributed by atoms with E-state index >= 15 is 0 Å². The van der Waals surface area contributed by atoms with Gasteiger partial charge in [0.1, 0.15) is 4.70 Å². The lowest BCUT2D eigenvalue weighted by Gasteiger charge is -2.15. The number of likely N-dealkylation sites (tertiary alicyclic amines) is 1. The molecule has 2 aromatic carbocycles. The third kappa shape index (κ3) is 4.33. The number of fused-ring (bicyclic) bond motifs is 1. The van der Waals surface area contributed by atoms with Crippen LogP contribution in [0.3, 0.4) is 0 Å². The van der Waals surface area contributed by atoms with E-state index in [1.54, 1.807) is 10.9 Å². The van der Waals surface area contributed by atoms with E-state index in [2.05, 4.69) is 29.2 Å². The lowest BCUT2D eigenvalue weighted by atomic mass is 10.1. The molecule has 0 aliphatic carbocycles. The van der Waals surface area contributed by atoms with Crippen LogP contribution in [-0.4, -0.2) is 26.9 Å². The van der Waals surface area contributed by atoms with Gasteiger partial charge in [0.05, 0.1) is 11.8 Å². The minimum atomic E-state index is -0.00983. The number of aromatic nitrogens is 2. The molecule has 0 bridgehead atoms. The summed E-state index contributed by atoms with van der Waals surface area (Å²) in [5.74, 6) is 0.240. The summed E-state index contributed by atoms with van der Waals surface area (Å²) in [5, 5.41) is 0.688. The molecule has 0 N–H and O–H groups in total. The Hall–Kier alpha value is -2.96. The first-order valence-electron chi connectivity index (χ1n) is 10.7. The van der Waals surface area contributed by atoms with Crippen molar-refractivity contribution < 1.29 is 4.79 Å². The molecule has 1 fully saturated rings. The Morgan fingerprint density at radius 2 is 1.75 bits per heavy atom. The van der Waals surface area contributed by atoms with Gasteiger partial charge in [-0.15, -0.1) is 11.3 Å². The quantitative estimate of drug-likeness (QED) is 0.397. The van der Waals surface area contributed by atoms with Crippen molar-refractivity contribution in [2.24, 2.45) is 0 Å². The predicted octanol–water partition coefficient (Wildman–Crippen LogP) is 5.14. The van der Waals surface area contributed by atoms with Crippen molar-refractivity contribution in [3.63, 3.8) is 0 Å². The fraction of sp³-hybridized carbons (Fsp3) is 0.240. The van der Waals surface area contributed by atoms with Crippen LogP contribution in [0.5, 0.6) is 0 Å². The van der Waals surface area contributed by atoms with E-state index in [4.69, 9.17) is 11.6 Å². The summed E-state index contributed by atoms with van der Waals surface area (Å²) in [5.41, 5.74) is 4.03. The zero-order valence-electron chi connectivity index (χ0n) is 17.5. The van der Waals surface area contributed by atoms with Crippen molar-refractivity contribution in [2.45, 2.75) is 32.4 Å². The summed E-state index contributed by atoms with van der Waals surface area (Å²) in [7, 11) is 0. The van der Waals surface area contributed by atoms with E-state index in [-0.39, 0.29) is 11.5 Å². The van der Waals surface area contributed by atoms with Crippen molar-refractivity contribution in [1.29, 1.82) is 0 Å². The topological polar surface area (TPSA) is 55.2 Å². The molecule has 1 aliphatic rings. The van der Waals surface area contributed by atoms with E-state index in [1.807, 2.05) is 35.2 Å². The van der Waals surface area contributed by atoms with Crippen LogP contribution >= 0.6 is 22.9 Å². The van der Waals surface area contributed by atoms with Crippen LogP contribution in [0.15, 0.2) is 65.7 Å². The Balaban J connectivity index is 1.29. The van der Waals surface area contributed by atoms with Crippen LogP contribution in [0.25, 0.3) is 20.7 Å². The van der Waals surface area contributed by atoms with Gasteiger partial charge in [0.25, 0.3) is 5.56 Å². The molecule has 0 atom stereocenters. The summed E-state index contributed by atoms with van der Waals surface area (Å²) in [6.07, 6.45) is 3.99. The predicted molar refractivity (Wildman–Crippen MR) is 129 cm³/mol. The highest BCUT2D eigenvalue weighted by Gasteiger charge is 2.19. The highest BCUT2D eigenvalue weighted by molar-refractivity contribution is 7.22. The van der Waals surface area contributed by atoms with Crippen molar-refractivity contribution in [3.05, 3.63) is 87.4 Å². The highest BCUT2D eigenvalue weighted by Crippen LogP contribution is 2.31. The molecule has 162 valence electrons. The van der Waals surface area contributed by atoms with E-state index in [0.29, 0.717) is 29.2 Å². The Kier molecular flexibility index (Phi) is 5.81. The SMILES string of the molecule is O=C1CCCN1Cc1ccc(CCn2cnc3cc(-c4ccc(Cl)cc4)sc3c2=O)cc1. The molecule has 3 heterocycles. The van der Waals surface area contributed by atoms with Gasteiger partial charge in [0, 0.05) is 36.0 Å². The van der Waals surface area contributed by atoms with Gasteiger partial charge >= 0.3 is 0 Å². The molecule has 5 rings (SSSR count). The zero-order chi connectivity index (χ0) is 22.1. The monoisotopic (exact) mass is 463 g/mol. The van der Waals surface area contributed by atoms with Gasteiger partial charge < -0.3 is 4.90 Å². The number of hydrogen-bond acceptors (Lipinski definition) is 4. The zero-order valence-corrected chi connectivity index (χ0v) is 19.0. The number of halogens is 1. The fourth-order valence-electron chi connectivity index (χ4n) is 4.01. The molecule has 7 heteroatoms. The summed E-state index contributed by atoms with van der Waals surface area (Å²) < 4.78 is 2.35. The molecule has 0 radical (unpaired) electrons. The molecule has 1 amide bonds. The summed E-state index contributed by atoms with van der Waals surface area (Å²) >= 11 is 7.45. The maximum absolute atomic E-state index is 13.0. The number of nitrogens with zero attached hydrogens (tertiary/aromatic N) is 3. The maximum Gasteiger partial charge on any atom is 0.271 e. The Morgan fingerprint density at radius 1 is 1.00 bits per heavy atom. The van der Waals surface area contributed by atoms with Gasteiger partial charge in [-0.2, -0.15) is 0 Å². The van der Waals surface area contributed by atoms with Crippen LogP contribution in [0.1, 0.15) is 24.0 Å². The number of amides is 1. The highest BCUT2D eigenvalue weighted by atomic mass is 35.5. The van der Waals surface area contributed by atoms with Crippen LogP contribution in [0.2, 0.25) is 5.02 Å². The second kappa shape index (κ2) is 8.88. The van der Waals surface area contributed by atoms with Crippen LogP contribution in [-0.2, 0) is 24.3 Å². The number of carbonyl (C=O) groups is 1. The van der Waals surface area contributed by atoms with Gasteiger partial charge in [-0.25, -0.2) is 4.98 Å². The molecular formula is C25H22ClN3O2S. The Bertz CT molecular complexity index is 1330. The second-order valence-electron chi connectivity index (χ2n) is 8.06. The average Bonchev–Trinajstić information content (AvgIpc) is 3.42. The van der Waals surface area contributed by atoms with E-state index < -0.39 is 0 Å². The molecule has 0 saturated carbocycles. The van der Waals surface area contributed by atoms with Crippen LogP contribution in [0, 0.1) is 0 Å². The fourth-order valence-corrected chi connectivity index (χ4v) is 5.20. The minimum Gasteiger partial charge on any atom is -0.338 e. The van der Waals surface area contributed by atoms with Gasteiger partial charge in [-0.05, 0) is 47.7 Å². The van der Waals surface area contributed by atoms with E-state index in [0.717, 1.165) is 46.5 Å². The smallest absolute Gasteiger partial charge is 0.271 e. The second-order valence-corrected chi connectivity index (χ2v) is 9.55. The summed E-state index contributed by atoms with van der Waals surface area (Å²) in [4.78, 5) is 32.2. The number of hydrogen-bond donors (Lipinski definition) is 0. The van der Waals surface area contributed by atoms with Gasteiger partial charge in [0.15, 0.2) is 0 Å². The molecule has 5 nitrogen and oxygen atoms in total. The van der Waals surface area contributed by atoms with E-state index in [1.165, 1.54) is 11.3 Å². The molecule has 1 aliphatic heterocycles. The molecule has 4 aromatic rings. The molecule has 0 unspecified atom stereocenters. The largest absolute Gasteiger partial charge is 0.338 e. The minimum absolute atomic E-state index is 0.00983. The Labute approximate surface area is 194 Å². The first-order chi connectivity index (χ1) is 15.6. The van der Waals surface area contributed by atoms with E-state index in [9.17, 15) is 9.59 Å². The standard InChI is InChI=1S/C25H22ClN3O2S/c26-20-9-7-19(8-10-20)22-14-21-24(32-22)25(31)29(16-27-21)13-11-17-3-5-18(6-4-17)15-28-12-1-2-23(28)30/h3-10,14,16H,1-2,11-13,15H2. The first kappa shape index (κ1) is 20.9. The molecule has 32 heavy (non-hydrogen) atoms.